The predicted molar refractivity (Wildman–Crippen MR) is 82.9 cm³/mol. The van der Waals surface area contributed by atoms with Crippen LogP contribution in [0.25, 0.3) is 0 Å². The Hall–Kier alpha value is -1.20. The molecule has 1 heterocycles. The SMILES string of the molecule is Cc1cc(C)c(C)c(S(=O)(=O)N2CCCC(C=O)C2)c1C. The van der Waals surface area contributed by atoms with E-state index in [1.54, 1.807) is 0 Å². The topological polar surface area (TPSA) is 54.5 Å². The number of aldehydes is 1. The van der Waals surface area contributed by atoms with Gasteiger partial charge in [0.15, 0.2) is 0 Å². The van der Waals surface area contributed by atoms with Crippen molar-refractivity contribution in [3.63, 3.8) is 0 Å². The lowest BCUT2D eigenvalue weighted by molar-refractivity contribution is -0.112. The van der Waals surface area contributed by atoms with E-state index in [0.717, 1.165) is 41.4 Å². The molecular formula is C16H23NO3S. The van der Waals surface area contributed by atoms with Gasteiger partial charge >= 0.3 is 0 Å². The highest BCUT2D eigenvalue weighted by atomic mass is 32.2. The van der Waals surface area contributed by atoms with Crippen molar-refractivity contribution in [2.45, 2.75) is 45.4 Å². The van der Waals surface area contributed by atoms with Crippen LogP contribution in [0.5, 0.6) is 0 Å². The molecule has 4 nitrogen and oxygen atoms in total. The van der Waals surface area contributed by atoms with E-state index in [4.69, 9.17) is 0 Å². The number of nitrogens with zero attached hydrogens (tertiary/aromatic N) is 1. The number of carbonyl (C=O) groups excluding carboxylic acids is 1. The molecule has 1 aromatic rings. The molecule has 1 aliphatic heterocycles. The molecule has 2 rings (SSSR count). The molecular weight excluding hydrogens is 286 g/mol. The summed E-state index contributed by atoms with van der Waals surface area (Å²) in [7, 11) is -3.54. The first kappa shape index (κ1) is 16.2. The zero-order chi connectivity index (χ0) is 15.8. The van der Waals surface area contributed by atoms with E-state index in [1.165, 1.54) is 4.31 Å². The van der Waals surface area contributed by atoms with Crippen LogP contribution in [0.3, 0.4) is 0 Å². The summed E-state index contributed by atoms with van der Waals surface area (Å²) in [4.78, 5) is 11.4. The first-order valence-corrected chi connectivity index (χ1v) is 8.76. The van der Waals surface area contributed by atoms with E-state index in [-0.39, 0.29) is 5.92 Å². The van der Waals surface area contributed by atoms with Gasteiger partial charge < -0.3 is 4.79 Å². The van der Waals surface area contributed by atoms with Crippen molar-refractivity contribution in [1.29, 1.82) is 0 Å². The number of piperidine rings is 1. The van der Waals surface area contributed by atoms with Gasteiger partial charge in [0.25, 0.3) is 0 Å². The second-order valence-electron chi connectivity index (χ2n) is 5.99. The van der Waals surface area contributed by atoms with Gasteiger partial charge in [-0.2, -0.15) is 4.31 Å². The average molecular weight is 309 g/mol. The zero-order valence-corrected chi connectivity index (χ0v) is 14.0. The van der Waals surface area contributed by atoms with Crippen LogP contribution in [0.4, 0.5) is 0 Å². The molecule has 1 aliphatic rings. The van der Waals surface area contributed by atoms with E-state index >= 15 is 0 Å². The Morgan fingerprint density at radius 2 is 1.71 bits per heavy atom. The van der Waals surface area contributed by atoms with E-state index in [1.807, 2.05) is 33.8 Å². The van der Waals surface area contributed by atoms with Crippen LogP contribution in [0, 0.1) is 33.6 Å². The molecule has 5 heteroatoms. The van der Waals surface area contributed by atoms with Crippen molar-refractivity contribution < 1.29 is 13.2 Å². The van der Waals surface area contributed by atoms with Crippen molar-refractivity contribution >= 4 is 16.3 Å². The summed E-state index contributed by atoms with van der Waals surface area (Å²) in [6.45, 7) is 8.39. The molecule has 21 heavy (non-hydrogen) atoms. The maximum atomic E-state index is 13.0. The molecule has 0 radical (unpaired) electrons. The molecule has 0 aromatic heterocycles. The molecule has 116 valence electrons. The van der Waals surface area contributed by atoms with Gasteiger partial charge in [-0.3, -0.25) is 0 Å². The smallest absolute Gasteiger partial charge is 0.243 e. The van der Waals surface area contributed by atoms with Crippen molar-refractivity contribution in [3.05, 3.63) is 28.3 Å². The number of hydrogen-bond acceptors (Lipinski definition) is 3. The molecule has 1 aromatic carbocycles. The fourth-order valence-corrected chi connectivity index (χ4v) is 5.11. The minimum atomic E-state index is -3.54. The molecule has 0 saturated carbocycles. The number of rotatable bonds is 3. The monoisotopic (exact) mass is 309 g/mol. The summed E-state index contributed by atoms with van der Waals surface area (Å²) in [6, 6.07) is 2.02. The third kappa shape index (κ3) is 2.90. The van der Waals surface area contributed by atoms with Gasteiger partial charge in [0.1, 0.15) is 6.29 Å². The molecule has 1 unspecified atom stereocenters. The number of hydrogen-bond donors (Lipinski definition) is 0. The van der Waals surface area contributed by atoms with Crippen molar-refractivity contribution in [2.75, 3.05) is 13.1 Å². The van der Waals surface area contributed by atoms with Crippen molar-refractivity contribution in [3.8, 4) is 0 Å². The maximum Gasteiger partial charge on any atom is 0.243 e. The molecule has 1 saturated heterocycles. The molecule has 0 amide bonds. The fourth-order valence-electron chi connectivity index (χ4n) is 3.00. The Morgan fingerprint density at radius 1 is 1.14 bits per heavy atom. The highest BCUT2D eigenvalue weighted by Gasteiger charge is 2.32. The van der Waals surface area contributed by atoms with E-state index in [9.17, 15) is 13.2 Å². The summed E-state index contributed by atoms with van der Waals surface area (Å²) in [6.07, 6.45) is 2.40. The van der Waals surface area contributed by atoms with Crippen LogP contribution < -0.4 is 0 Å². The van der Waals surface area contributed by atoms with Crippen LogP contribution in [0.15, 0.2) is 11.0 Å². The van der Waals surface area contributed by atoms with Crippen LogP contribution in [-0.2, 0) is 14.8 Å². The third-order valence-corrected chi connectivity index (χ3v) is 6.65. The Bertz CT molecular complexity index is 638. The third-order valence-electron chi connectivity index (χ3n) is 4.51. The molecule has 0 bridgehead atoms. The van der Waals surface area contributed by atoms with E-state index in [2.05, 4.69) is 0 Å². The normalized spacial score (nSPS) is 20.5. The lowest BCUT2D eigenvalue weighted by Gasteiger charge is -2.30. The van der Waals surface area contributed by atoms with Crippen LogP contribution in [0.1, 0.15) is 35.1 Å². The summed E-state index contributed by atoms with van der Waals surface area (Å²) in [5.74, 6) is -0.181. The molecule has 0 spiro atoms. The minimum absolute atomic E-state index is 0.181. The Kier molecular flexibility index (Phi) is 4.54. The van der Waals surface area contributed by atoms with Crippen LogP contribution in [0.2, 0.25) is 0 Å². The molecule has 0 aliphatic carbocycles. The van der Waals surface area contributed by atoms with Crippen LogP contribution in [-0.4, -0.2) is 32.1 Å². The standard InChI is InChI=1S/C16H23NO3S/c1-11-8-12(2)14(4)16(13(11)3)21(19,20)17-7-5-6-15(9-17)10-18/h8,10,15H,5-7,9H2,1-4H3. The number of carbonyl (C=O) groups is 1. The Labute approximate surface area is 127 Å². The maximum absolute atomic E-state index is 13.0. The summed E-state index contributed by atoms with van der Waals surface area (Å²) in [5, 5.41) is 0. The van der Waals surface area contributed by atoms with Gasteiger partial charge in [0, 0.05) is 19.0 Å². The fraction of sp³-hybridized carbons (Fsp3) is 0.562. The lowest BCUT2D eigenvalue weighted by atomic mass is 10.0. The zero-order valence-electron chi connectivity index (χ0n) is 13.1. The number of sulfonamides is 1. The predicted octanol–water partition coefficient (Wildman–Crippen LogP) is 2.52. The lowest BCUT2D eigenvalue weighted by Crippen LogP contribution is -2.40. The van der Waals surface area contributed by atoms with E-state index < -0.39 is 10.0 Å². The first-order valence-electron chi connectivity index (χ1n) is 7.32. The highest BCUT2D eigenvalue weighted by Crippen LogP contribution is 2.30. The second-order valence-corrected chi connectivity index (χ2v) is 7.87. The molecule has 1 fully saturated rings. The van der Waals surface area contributed by atoms with E-state index in [0.29, 0.717) is 18.0 Å². The summed E-state index contributed by atoms with van der Waals surface area (Å²) >= 11 is 0. The van der Waals surface area contributed by atoms with Crippen molar-refractivity contribution in [1.82, 2.24) is 4.31 Å². The van der Waals surface area contributed by atoms with Gasteiger partial charge in [0.2, 0.25) is 10.0 Å². The van der Waals surface area contributed by atoms with Gasteiger partial charge in [-0.15, -0.1) is 0 Å². The first-order chi connectivity index (χ1) is 9.78. The summed E-state index contributed by atoms with van der Waals surface area (Å²) in [5.41, 5.74) is 3.60. The molecule has 1 atom stereocenters. The Morgan fingerprint density at radius 3 is 2.24 bits per heavy atom. The second kappa shape index (κ2) is 5.89. The minimum Gasteiger partial charge on any atom is -0.303 e. The Balaban J connectivity index is 2.52. The quantitative estimate of drug-likeness (QED) is 0.806. The number of aryl methyl sites for hydroxylation is 2. The number of benzene rings is 1. The van der Waals surface area contributed by atoms with Gasteiger partial charge in [-0.05, 0) is 62.8 Å². The van der Waals surface area contributed by atoms with Gasteiger partial charge in [-0.25, -0.2) is 8.42 Å². The largest absolute Gasteiger partial charge is 0.303 e. The molecule has 0 N–H and O–H groups in total. The summed E-state index contributed by atoms with van der Waals surface area (Å²) < 4.78 is 27.5. The van der Waals surface area contributed by atoms with Crippen LogP contribution >= 0.6 is 0 Å². The average Bonchev–Trinajstić information content (AvgIpc) is 2.45. The van der Waals surface area contributed by atoms with Crippen molar-refractivity contribution in [2.24, 2.45) is 5.92 Å². The highest BCUT2D eigenvalue weighted by molar-refractivity contribution is 7.89. The van der Waals surface area contributed by atoms with Gasteiger partial charge in [-0.1, -0.05) is 6.07 Å². The van der Waals surface area contributed by atoms with Gasteiger partial charge in [0.05, 0.1) is 4.90 Å².